The molecule has 1 aliphatic heterocycles. The number of aromatic nitrogens is 5. The zero-order valence-corrected chi connectivity index (χ0v) is 10.9. The Hall–Kier alpha value is -2.69. The van der Waals surface area contributed by atoms with Crippen LogP contribution in [-0.4, -0.2) is 19.1 Å². The Labute approximate surface area is 129 Å². The van der Waals surface area contributed by atoms with Gasteiger partial charge in [-0.05, 0) is 18.2 Å². The third-order valence-corrected chi connectivity index (χ3v) is 4.10. The van der Waals surface area contributed by atoms with Crippen LogP contribution in [0.5, 0.6) is 0 Å². The minimum absolute atomic E-state index is 0.310. The Morgan fingerprint density at radius 1 is 1.24 bits per heavy atom. The third kappa shape index (κ3) is 1.15. The number of imidazole rings is 1. The van der Waals surface area contributed by atoms with Crippen LogP contribution in [0.25, 0.3) is 33.5 Å². The molecule has 5 heterocycles. The standard InChI is InChI=1S/C16H14N5/c1-19-13-5-7-17-8-11(13)14-16(19)21-9-12-10(4-3-6-18-12)15(21)20(14)2/h3-8H,9H2,1-2H3/q+1/i1D3,2D3. The highest BCUT2D eigenvalue weighted by Crippen LogP contribution is 2.33. The summed E-state index contributed by atoms with van der Waals surface area (Å²) >= 11 is 0. The fourth-order valence-electron chi connectivity index (χ4n) is 3.23. The van der Waals surface area contributed by atoms with Crippen molar-refractivity contribution in [3.8, 4) is 11.4 Å². The second-order valence-electron chi connectivity index (χ2n) is 5.14. The van der Waals surface area contributed by atoms with E-state index in [0.29, 0.717) is 45.7 Å². The summed E-state index contributed by atoms with van der Waals surface area (Å²) in [6, 6.07) is 5.15. The molecule has 5 nitrogen and oxygen atoms in total. The fraction of sp³-hybridized carbons (Fsp3) is 0.188. The van der Waals surface area contributed by atoms with Crippen molar-refractivity contribution < 1.29 is 12.8 Å². The van der Waals surface area contributed by atoms with Crippen LogP contribution in [0.2, 0.25) is 0 Å². The lowest BCUT2D eigenvalue weighted by molar-refractivity contribution is -0.649. The van der Waals surface area contributed by atoms with Gasteiger partial charge in [0.25, 0.3) is 5.65 Å². The largest absolute Gasteiger partial charge is 0.269 e. The van der Waals surface area contributed by atoms with Crippen LogP contribution in [0, 0.1) is 0 Å². The molecule has 0 N–H and O–H groups in total. The maximum Gasteiger partial charge on any atom is 0.269 e. The predicted molar refractivity (Wildman–Crippen MR) is 79.7 cm³/mol. The molecule has 0 radical (unpaired) electrons. The molecule has 0 saturated heterocycles. The van der Waals surface area contributed by atoms with Gasteiger partial charge in [0.1, 0.15) is 12.1 Å². The fourth-order valence-corrected chi connectivity index (χ4v) is 3.23. The van der Waals surface area contributed by atoms with Crippen molar-refractivity contribution in [1.29, 1.82) is 0 Å². The molecular formula is C16H14N5+. The van der Waals surface area contributed by atoms with E-state index >= 15 is 0 Å². The molecule has 0 fully saturated rings. The Bertz CT molecular complexity index is 1230. The van der Waals surface area contributed by atoms with E-state index in [1.54, 1.807) is 22.9 Å². The van der Waals surface area contributed by atoms with Crippen LogP contribution < -0.4 is 4.57 Å². The first-order valence-electron chi connectivity index (χ1n) is 9.57. The summed E-state index contributed by atoms with van der Waals surface area (Å²) in [5, 5.41) is 0.493. The number of rotatable bonds is 0. The van der Waals surface area contributed by atoms with Crippen molar-refractivity contribution in [1.82, 2.24) is 19.1 Å². The molecule has 0 saturated carbocycles. The van der Waals surface area contributed by atoms with Gasteiger partial charge in [-0.15, -0.1) is 0 Å². The van der Waals surface area contributed by atoms with Crippen LogP contribution in [-0.2, 0) is 20.5 Å². The van der Waals surface area contributed by atoms with E-state index in [1.807, 2.05) is 6.07 Å². The van der Waals surface area contributed by atoms with Crippen LogP contribution in [0.1, 0.15) is 13.9 Å². The molecule has 5 rings (SSSR count). The van der Waals surface area contributed by atoms with E-state index in [4.69, 9.17) is 8.22 Å². The van der Waals surface area contributed by atoms with Gasteiger partial charge in [0.05, 0.1) is 38.8 Å². The van der Waals surface area contributed by atoms with Gasteiger partial charge in [0.2, 0.25) is 5.82 Å². The molecule has 4 aromatic heterocycles. The van der Waals surface area contributed by atoms with Crippen molar-refractivity contribution in [3.05, 3.63) is 42.5 Å². The van der Waals surface area contributed by atoms with E-state index in [9.17, 15) is 0 Å². The summed E-state index contributed by atoms with van der Waals surface area (Å²) in [5.41, 5.74) is 2.51. The molecule has 0 bridgehead atoms. The lowest BCUT2D eigenvalue weighted by Gasteiger charge is -1.97. The van der Waals surface area contributed by atoms with Crippen molar-refractivity contribution in [2.24, 2.45) is 14.0 Å². The number of hydrogen-bond acceptors (Lipinski definition) is 2. The van der Waals surface area contributed by atoms with Gasteiger partial charge in [0.15, 0.2) is 5.52 Å². The molecule has 5 heteroatoms. The minimum Gasteiger partial charge on any atom is -0.264 e. The Balaban J connectivity index is 2.07. The highest BCUT2D eigenvalue weighted by atomic mass is 15.2. The Morgan fingerprint density at radius 2 is 2.19 bits per heavy atom. The number of pyridine rings is 2. The molecule has 0 aliphatic carbocycles. The average molecular weight is 282 g/mol. The summed E-state index contributed by atoms with van der Waals surface area (Å²) in [6.07, 6.45) is 4.66. The van der Waals surface area contributed by atoms with Crippen LogP contribution in [0.3, 0.4) is 0 Å². The van der Waals surface area contributed by atoms with Gasteiger partial charge in [0, 0.05) is 18.6 Å². The third-order valence-electron chi connectivity index (χ3n) is 4.10. The topological polar surface area (TPSA) is 39.5 Å². The van der Waals surface area contributed by atoms with E-state index < -0.39 is 14.0 Å². The number of aryl methyl sites for hydroxylation is 2. The van der Waals surface area contributed by atoms with E-state index in [2.05, 4.69) is 9.97 Å². The zero-order chi connectivity index (χ0) is 19.1. The molecule has 0 unspecified atom stereocenters. The molecule has 102 valence electrons. The summed E-state index contributed by atoms with van der Waals surface area (Å²) in [7, 11) is 0. The number of nitrogens with zero attached hydrogens (tertiary/aromatic N) is 5. The van der Waals surface area contributed by atoms with Crippen LogP contribution >= 0.6 is 0 Å². The normalized spacial score (nSPS) is 18.5. The van der Waals surface area contributed by atoms with Gasteiger partial charge in [-0.2, -0.15) is 0 Å². The molecule has 0 spiro atoms. The lowest BCUT2D eigenvalue weighted by Crippen LogP contribution is -2.33. The summed E-state index contributed by atoms with van der Waals surface area (Å²) in [5.74, 6) is 0.437. The van der Waals surface area contributed by atoms with Gasteiger partial charge in [-0.1, -0.05) is 0 Å². The number of fused-ring (bicyclic) bond motifs is 7. The highest BCUT2D eigenvalue weighted by molar-refractivity contribution is 6.04. The monoisotopic (exact) mass is 282 g/mol. The molecular weight excluding hydrogens is 262 g/mol. The van der Waals surface area contributed by atoms with Gasteiger partial charge < -0.3 is 0 Å². The quantitative estimate of drug-likeness (QED) is 0.406. The van der Waals surface area contributed by atoms with E-state index in [-0.39, 0.29) is 0 Å². The average Bonchev–Trinajstić information content (AvgIpc) is 3.19. The summed E-state index contributed by atoms with van der Waals surface area (Å²) in [6.45, 7) is -4.67. The maximum atomic E-state index is 8.11. The lowest BCUT2D eigenvalue weighted by atomic mass is 10.2. The molecule has 0 atom stereocenters. The van der Waals surface area contributed by atoms with Crippen LogP contribution in [0.15, 0.2) is 36.8 Å². The first-order chi connectivity index (χ1) is 12.7. The predicted octanol–water partition coefficient (Wildman–Crippen LogP) is 1.78. The Kier molecular flexibility index (Phi) is 1.14. The first-order valence-corrected chi connectivity index (χ1v) is 6.57. The molecule has 0 amide bonds. The van der Waals surface area contributed by atoms with E-state index in [0.717, 1.165) is 0 Å². The smallest absolute Gasteiger partial charge is 0.264 e. The maximum absolute atomic E-state index is 8.11. The second-order valence-corrected chi connectivity index (χ2v) is 5.14. The second kappa shape index (κ2) is 3.49. The number of hydrogen-bond donors (Lipinski definition) is 0. The van der Waals surface area contributed by atoms with Crippen molar-refractivity contribution in [2.75, 3.05) is 0 Å². The summed E-state index contributed by atoms with van der Waals surface area (Å²) < 4.78 is 52.6. The van der Waals surface area contributed by atoms with Gasteiger partial charge in [-0.25, -0.2) is 4.57 Å². The molecule has 1 aliphatic rings. The highest BCUT2D eigenvalue weighted by Gasteiger charge is 2.34. The van der Waals surface area contributed by atoms with Crippen molar-refractivity contribution in [2.45, 2.75) is 6.54 Å². The van der Waals surface area contributed by atoms with Gasteiger partial charge in [-0.3, -0.25) is 19.1 Å². The minimum atomic E-state index is -2.50. The molecule has 4 aromatic rings. The Morgan fingerprint density at radius 3 is 3.10 bits per heavy atom. The van der Waals surface area contributed by atoms with Crippen molar-refractivity contribution in [3.63, 3.8) is 0 Å². The molecule has 21 heavy (non-hydrogen) atoms. The van der Waals surface area contributed by atoms with Crippen molar-refractivity contribution >= 4 is 22.1 Å². The van der Waals surface area contributed by atoms with Gasteiger partial charge >= 0.3 is 0 Å². The van der Waals surface area contributed by atoms with Crippen LogP contribution in [0.4, 0.5) is 0 Å². The first kappa shape index (κ1) is 6.85. The zero-order valence-electron chi connectivity index (χ0n) is 16.9. The SMILES string of the molecule is [2H]C([2H])([2H])n1c2[n+](c3c1c1cnccc1n3C([2H])([2H])[2H])Cc1ncccc1-2. The summed E-state index contributed by atoms with van der Waals surface area (Å²) in [4.78, 5) is 8.43. The van der Waals surface area contributed by atoms with E-state index in [1.165, 1.54) is 21.5 Å². The molecule has 0 aromatic carbocycles.